The average Bonchev–Trinajstić information content (AvgIpc) is 2.87. The summed E-state index contributed by atoms with van der Waals surface area (Å²) < 4.78 is 0. The molecule has 4 bridgehead atoms. The van der Waals surface area contributed by atoms with Gasteiger partial charge in [-0.15, -0.1) is 0 Å². The Kier molecular flexibility index (Phi) is 1.82. The minimum atomic E-state index is 0. The van der Waals surface area contributed by atoms with Gasteiger partial charge in [0.15, 0.2) is 0 Å². The molecule has 4 rings (SSSR count). The third kappa shape index (κ3) is 0.785. The molecule has 16 heavy (non-hydrogen) atoms. The number of hydrogen-bond acceptors (Lipinski definition) is 0. The van der Waals surface area contributed by atoms with Crippen molar-refractivity contribution in [2.45, 2.75) is 39.5 Å². The summed E-state index contributed by atoms with van der Waals surface area (Å²) in [4.78, 5) is 0. The van der Waals surface area contributed by atoms with Crippen LogP contribution >= 0.6 is 0 Å². The number of fused-ring (bicyclic) bond motifs is 9. The van der Waals surface area contributed by atoms with Gasteiger partial charge in [-0.1, -0.05) is 25.2 Å². The summed E-state index contributed by atoms with van der Waals surface area (Å²) in [5.41, 5.74) is 0. The first-order valence-corrected chi connectivity index (χ1v) is 6.60. The van der Waals surface area contributed by atoms with Crippen molar-refractivity contribution in [3.05, 3.63) is 5.92 Å². The van der Waals surface area contributed by atoms with E-state index >= 15 is 0 Å². The fourth-order valence-electron chi connectivity index (χ4n) is 5.92. The zero-order chi connectivity index (χ0) is 9.45. The minimum absolute atomic E-state index is 0. The summed E-state index contributed by atoms with van der Waals surface area (Å²) in [6, 6.07) is 0. The SMILES string of the molecule is C[C-]1C(C)C2CC1C1C3CCC(C3)C21.[Rf].[Rf]. The standard InChI is InChI=1S/C14H21.2Rf/c1-7-8(2)12-6-11(7)13-9-3-4-10(5-9)14(12)13;;/h7,9-14H,3-6H2,1-2H3;;/q-1;;. The summed E-state index contributed by atoms with van der Waals surface area (Å²) in [5, 5.41) is 0. The van der Waals surface area contributed by atoms with Crippen LogP contribution in [0.1, 0.15) is 39.5 Å². The molecule has 2 heteroatoms. The van der Waals surface area contributed by atoms with Gasteiger partial charge in [-0.25, -0.2) is 0 Å². The predicted octanol–water partition coefficient (Wildman–Crippen LogP) is 3.53. The second kappa shape index (κ2) is 2.77. The molecule has 0 aromatic rings. The van der Waals surface area contributed by atoms with Crippen LogP contribution in [0.2, 0.25) is 0 Å². The van der Waals surface area contributed by atoms with E-state index in [1.54, 1.807) is 25.7 Å². The molecule has 4 aliphatic carbocycles. The molecule has 4 aliphatic rings. The molecule has 0 aliphatic heterocycles. The Balaban J connectivity index is 0.000000482. The molecule has 7 atom stereocenters. The summed E-state index contributed by atoms with van der Waals surface area (Å²) in [6.07, 6.45) is 6.36. The summed E-state index contributed by atoms with van der Waals surface area (Å²) in [6.45, 7) is 4.96. The monoisotopic (exact) mass is 723 g/mol. The van der Waals surface area contributed by atoms with E-state index in [2.05, 4.69) is 13.8 Å². The first-order valence-electron chi connectivity index (χ1n) is 6.60. The van der Waals surface area contributed by atoms with Crippen molar-refractivity contribution in [2.75, 3.05) is 0 Å². The fourth-order valence-corrected chi connectivity index (χ4v) is 5.92. The molecule has 0 aromatic heterocycles. The maximum atomic E-state index is 2.50. The van der Waals surface area contributed by atoms with Crippen LogP contribution in [0, 0.1) is 47.3 Å². The van der Waals surface area contributed by atoms with Crippen LogP contribution in [0.3, 0.4) is 0 Å². The molecule has 0 nitrogen and oxygen atoms in total. The molecule has 7 unspecified atom stereocenters. The molecule has 4 fully saturated rings. The van der Waals surface area contributed by atoms with Crippen LogP contribution in [-0.2, 0) is 0 Å². The van der Waals surface area contributed by atoms with Crippen molar-refractivity contribution in [2.24, 2.45) is 41.4 Å². The Hall–Kier alpha value is -2.00. The second-order valence-corrected chi connectivity index (χ2v) is 6.53. The van der Waals surface area contributed by atoms with E-state index in [1.165, 1.54) is 5.92 Å². The van der Waals surface area contributed by atoms with E-state index in [9.17, 15) is 0 Å². The molecule has 0 radical (unpaired) electrons. The van der Waals surface area contributed by atoms with Crippen LogP contribution in [-0.4, -0.2) is 0 Å². The number of rotatable bonds is 0. The van der Waals surface area contributed by atoms with Gasteiger partial charge in [-0.2, -0.15) is 18.8 Å². The van der Waals surface area contributed by atoms with Gasteiger partial charge in [0.1, 0.15) is 0 Å². The van der Waals surface area contributed by atoms with Crippen molar-refractivity contribution in [1.82, 2.24) is 0 Å². The van der Waals surface area contributed by atoms with Crippen molar-refractivity contribution >= 4 is 0 Å². The average molecular weight is 723 g/mol. The van der Waals surface area contributed by atoms with E-state index in [1.807, 2.05) is 5.92 Å². The maximum absolute atomic E-state index is 2.50. The van der Waals surface area contributed by atoms with Gasteiger partial charge in [0.2, 0.25) is 0 Å². The first kappa shape index (κ1) is 10.5. The topological polar surface area (TPSA) is 0 Å². The molecule has 0 aromatic carbocycles. The molecule has 0 heterocycles. The third-order valence-electron chi connectivity index (χ3n) is 6.48. The van der Waals surface area contributed by atoms with Crippen LogP contribution in [0.25, 0.3) is 0 Å². The Morgan fingerprint density at radius 2 is 1.56 bits per heavy atom. The second-order valence-electron chi connectivity index (χ2n) is 6.53. The van der Waals surface area contributed by atoms with Crippen molar-refractivity contribution in [3.63, 3.8) is 0 Å². The zero-order valence-corrected chi connectivity index (χ0v) is 23.6. The smallest absolute Gasteiger partial charge is 0 e. The van der Waals surface area contributed by atoms with Crippen LogP contribution in [0.15, 0.2) is 0 Å². The molecule has 82 valence electrons. The molecular weight excluding hydrogens is 702 g/mol. The van der Waals surface area contributed by atoms with E-state index in [-0.39, 0.29) is 0 Å². The van der Waals surface area contributed by atoms with Crippen molar-refractivity contribution in [3.8, 4) is 0 Å². The van der Waals surface area contributed by atoms with E-state index in [0.717, 1.165) is 35.5 Å². The zero-order valence-electron chi connectivity index (χ0n) is 10.8. The Labute approximate surface area is 87.5 Å². The van der Waals surface area contributed by atoms with Crippen LogP contribution < -0.4 is 0 Å². The van der Waals surface area contributed by atoms with E-state index < -0.39 is 0 Å². The Morgan fingerprint density at radius 3 is 2.25 bits per heavy atom. The third-order valence-corrected chi connectivity index (χ3v) is 6.48. The van der Waals surface area contributed by atoms with Crippen molar-refractivity contribution in [1.29, 1.82) is 0 Å². The quantitative estimate of drug-likeness (QED) is 0.266. The van der Waals surface area contributed by atoms with Crippen molar-refractivity contribution < 1.29 is 0 Å². The molecule has 0 N–H and O–H groups in total. The predicted molar refractivity (Wildman–Crippen MR) is 57.5 cm³/mol. The molecule has 0 spiro atoms. The maximum Gasteiger partial charge on any atom is 0 e. The molecule has 0 saturated heterocycles. The van der Waals surface area contributed by atoms with Gasteiger partial charge in [0.05, 0.1) is 0 Å². The Morgan fingerprint density at radius 1 is 0.938 bits per heavy atom. The van der Waals surface area contributed by atoms with Gasteiger partial charge in [-0.3, -0.25) is 0 Å². The molecular formula is C14H21Rf2-. The van der Waals surface area contributed by atoms with E-state index in [0.29, 0.717) is 0 Å². The van der Waals surface area contributed by atoms with Gasteiger partial charge in [-0.05, 0) is 37.0 Å². The molecule has 4 saturated carbocycles. The first-order chi connectivity index (χ1) is 6.77. The van der Waals surface area contributed by atoms with Gasteiger partial charge in [0.25, 0.3) is 0 Å². The minimum Gasteiger partial charge on any atom is -0.310 e. The fraction of sp³-hybridized carbons (Fsp3) is 0.929. The normalized spacial score (nSPS) is 57.0. The summed E-state index contributed by atoms with van der Waals surface area (Å²) in [7, 11) is 0. The van der Waals surface area contributed by atoms with E-state index in [4.69, 9.17) is 0 Å². The Bertz CT molecular complexity index is 252. The summed E-state index contributed by atoms with van der Waals surface area (Å²) >= 11 is 0. The van der Waals surface area contributed by atoms with Crippen LogP contribution in [0.4, 0.5) is 0 Å². The summed E-state index contributed by atoms with van der Waals surface area (Å²) in [5.74, 6) is 9.69. The molecule has 0 amide bonds. The van der Waals surface area contributed by atoms with Crippen LogP contribution in [0.5, 0.6) is 0 Å². The van der Waals surface area contributed by atoms with Gasteiger partial charge >= 0.3 is 0 Å². The van der Waals surface area contributed by atoms with Gasteiger partial charge < -0.3 is 5.92 Å². The van der Waals surface area contributed by atoms with Gasteiger partial charge in [0, 0.05) is 0 Å². The largest absolute Gasteiger partial charge is 0.310 e. The number of hydrogen-bond donors (Lipinski definition) is 0.